The lowest BCUT2D eigenvalue weighted by Gasteiger charge is -2.20. The number of alkyl halides is 3. The monoisotopic (exact) mass is 566 g/mol. The van der Waals surface area contributed by atoms with Crippen LogP contribution in [-0.2, 0) is 29.0 Å². The van der Waals surface area contributed by atoms with Crippen LogP contribution in [-0.4, -0.2) is 31.2 Å². The highest BCUT2D eigenvalue weighted by Gasteiger charge is 2.38. The molecule has 1 amide bonds. The van der Waals surface area contributed by atoms with Gasteiger partial charge in [-0.05, 0) is 48.4 Å². The molecule has 2 heterocycles. The number of nitrogens with zero attached hydrogens (tertiary/aromatic N) is 1. The second-order valence-corrected chi connectivity index (χ2v) is 11.7. The average Bonchev–Trinajstić information content (AvgIpc) is 3.24. The maximum Gasteiger partial charge on any atom is 0.416 e. The van der Waals surface area contributed by atoms with Gasteiger partial charge in [-0.2, -0.15) is 13.2 Å². The van der Waals surface area contributed by atoms with Crippen LogP contribution in [0.25, 0.3) is 0 Å². The summed E-state index contributed by atoms with van der Waals surface area (Å²) in [5, 5.41) is 2.75. The molecule has 6 nitrogen and oxygen atoms in total. The van der Waals surface area contributed by atoms with E-state index >= 15 is 0 Å². The fraction of sp³-hybridized carbons (Fsp3) is 0.333. The van der Waals surface area contributed by atoms with E-state index in [1.54, 1.807) is 25.1 Å². The molecule has 3 aromatic rings. The van der Waals surface area contributed by atoms with E-state index < -0.39 is 33.6 Å². The van der Waals surface area contributed by atoms with E-state index in [2.05, 4.69) is 10.3 Å². The van der Waals surface area contributed by atoms with Gasteiger partial charge in [0, 0.05) is 34.7 Å². The van der Waals surface area contributed by atoms with Crippen molar-refractivity contribution in [1.29, 1.82) is 0 Å². The van der Waals surface area contributed by atoms with E-state index in [1.807, 2.05) is 6.92 Å². The predicted molar refractivity (Wildman–Crippen MR) is 137 cm³/mol. The zero-order chi connectivity index (χ0) is 27.7. The summed E-state index contributed by atoms with van der Waals surface area (Å²) in [4.78, 5) is 17.0. The molecule has 0 saturated carbocycles. The highest BCUT2D eigenvalue weighted by atomic mass is 35.5. The van der Waals surface area contributed by atoms with Crippen LogP contribution in [0, 0.1) is 0 Å². The lowest BCUT2D eigenvalue weighted by molar-refractivity contribution is -0.138. The number of aromatic nitrogens is 1. The summed E-state index contributed by atoms with van der Waals surface area (Å²) >= 11 is 5.81. The third kappa shape index (κ3) is 5.96. The lowest BCUT2D eigenvalue weighted by atomic mass is 9.88. The van der Waals surface area contributed by atoms with E-state index in [1.165, 1.54) is 30.5 Å². The number of amides is 1. The third-order valence-electron chi connectivity index (χ3n) is 6.61. The number of sulfone groups is 1. The zero-order valence-corrected chi connectivity index (χ0v) is 22.3. The fourth-order valence-corrected chi connectivity index (χ4v) is 5.54. The number of pyridine rings is 1. The number of carbonyl (C=O) groups is 1. The van der Waals surface area contributed by atoms with Crippen LogP contribution in [0.5, 0.6) is 5.75 Å². The smallest absolute Gasteiger partial charge is 0.416 e. The number of rotatable bonds is 8. The standard InChI is InChI=1S/C27H26ClF3N2O4S/c1-3-21-22-10-6-17(26(34)33-14-19-8-9-20(15-32-19)38(35,36)4-2)12-25(22)37-24(21)11-16-5-7-18(28)13-23(16)27(29,30)31/h5-10,12-13,15,21,24H,3-4,11,14H2,1-2H3,(H,33,34). The number of halogens is 4. The summed E-state index contributed by atoms with van der Waals surface area (Å²) in [6.07, 6.45) is -3.13. The number of nitrogens with one attached hydrogen (secondary N) is 1. The zero-order valence-electron chi connectivity index (χ0n) is 20.7. The molecule has 2 atom stereocenters. The second-order valence-electron chi connectivity index (χ2n) is 9.00. The van der Waals surface area contributed by atoms with E-state index in [4.69, 9.17) is 16.3 Å². The molecule has 38 heavy (non-hydrogen) atoms. The molecule has 1 aliphatic heterocycles. The van der Waals surface area contributed by atoms with Crippen molar-refractivity contribution in [2.24, 2.45) is 0 Å². The van der Waals surface area contributed by atoms with Crippen LogP contribution in [0.1, 0.15) is 58.9 Å². The Bertz CT molecular complexity index is 1440. The quantitative estimate of drug-likeness (QED) is 0.363. The largest absolute Gasteiger partial charge is 0.489 e. The molecular weight excluding hydrogens is 541 g/mol. The van der Waals surface area contributed by atoms with Crippen LogP contribution < -0.4 is 10.1 Å². The highest BCUT2D eigenvalue weighted by Crippen LogP contribution is 2.43. The first-order chi connectivity index (χ1) is 17.9. The molecule has 0 aliphatic carbocycles. The molecule has 1 aromatic heterocycles. The van der Waals surface area contributed by atoms with Gasteiger partial charge in [-0.1, -0.05) is 37.6 Å². The van der Waals surface area contributed by atoms with Gasteiger partial charge in [0.05, 0.1) is 28.5 Å². The topological polar surface area (TPSA) is 85.4 Å². The Hall–Kier alpha value is -3.11. The maximum atomic E-state index is 13.6. The molecule has 0 spiro atoms. The molecule has 0 bridgehead atoms. The minimum atomic E-state index is -4.54. The van der Waals surface area contributed by atoms with Gasteiger partial charge in [-0.15, -0.1) is 0 Å². The minimum Gasteiger partial charge on any atom is -0.489 e. The first-order valence-electron chi connectivity index (χ1n) is 12.0. The summed E-state index contributed by atoms with van der Waals surface area (Å²) in [5.41, 5.74) is 0.966. The Kier molecular flexibility index (Phi) is 8.04. The van der Waals surface area contributed by atoms with Crippen molar-refractivity contribution in [3.05, 3.63) is 87.7 Å². The Balaban J connectivity index is 1.47. The van der Waals surface area contributed by atoms with E-state index in [-0.39, 0.29) is 40.1 Å². The number of fused-ring (bicyclic) bond motifs is 1. The maximum absolute atomic E-state index is 13.6. The lowest BCUT2D eigenvalue weighted by Crippen LogP contribution is -2.23. The minimum absolute atomic E-state index is 0.0107. The third-order valence-corrected chi connectivity index (χ3v) is 8.56. The van der Waals surface area contributed by atoms with Gasteiger partial charge in [-0.25, -0.2) is 8.42 Å². The van der Waals surface area contributed by atoms with Crippen molar-refractivity contribution < 1.29 is 31.1 Å². The van der Waals surface area contributed by atoms with E-state index in [0.29, 0.717) is 23.4 Å². The molecule has 1 aliphatic rings. The Morgan fingerprint density at radius 2 is 1.87 bits per heavy atom. The van der Waals surface area contributed by atoms with Gasteiger partial charge >= 0.3 is 6.18 Å². The van der Waals surface area contributed by atoms with Gasteiger partial charge in [-0.3, -0.25) is 9.78 Å². The van der Waals surface area contributed by atoms with Crippen LogP contribution in [0.4, 0.5) is 13.2 Å². The number of ether oxygens (including phenoxy) is 1. The molecule has 0 saturated heterocycles. The Morgan fingerprint density at radius 1 is 1.11 bits per heavy atom. The predicted octanol–water partition coefficient (Wildman–Crippen LogP) is 5.97. The van der Waals surface area contributed by atoms with Crippen molar-refractivity contribution in [2.75, 3.05) is 5.75 Å². The first-order valence-corrected chi connectivity index (χ1v) is 14.1. The molecule has 2 aromatic carbocycles. The van der Waals surface area contributed by atoms with E-state index in [9.17, 15) is 26.4 Å². The molecule has 0 radical (unpaired) electrons. The van der Waals surface area contributed by atoms with Gasteiger partial charge in [0.1, 0.15) is 11.9 Å². The van der Waals surface area contributed by atoms with Crippen LogP contribution in [0.2, 0.25) is 5.02 Å². The van der Waals surface area contributed by atoms with Crippen molar-refractivity contribution in [1.82, 2.24) is 10.3 Å². The van der Waals surface area contributed by atoms with Crippen molar-refractivity contribution in [2.45, 2.75) is 56.3 Å². The van der Waals surface area contributed by atoms with Crippen LogP contribution in [0.3, 0.4) is 0 Å². The van der Waals surface area contributed by atoms with Gasteiger partial charge in [0.2, 0.25) is 0 Å². The molecule has 1 N–H and O–H groups in total. The number of hydrogen-bond acceptors (Lipinski definition) is 5. The van der Waals surface area contributed by atoms with Gasteiger partial charge in [0.15, 0.2) is 9.84 Å². The van der Waals surface area contributed by atoms with Crippen molar-refractivity contribution in [3.8, 4) is 5.75 Å². The summed E-state index contributed by atoms with van der Waals surface area (Å²) in [7, 11) is -3.36. The molecule has 11 heteroatoms. The highest BCUT2D eigenvalue weighted by molar-refractivity contribution is 7.91. The van der Waals surface area contributed by atoms with Crippen molar-refractivity contribution >= 4 is 27.3 Å². The molecule has 202 valence electrons. The SMILES string of the molecule is CCC1c2ccc(C(=O)NCc3ccc(S(=O)(=O)CC)cn3)cc2OC1Cc1ccc(Cl)cc1C(F)(F)F. The molecule has 0 fully saturated rings. The van der Waals surface area contributed by atoms with Gasteiger partial charge < -0.3 is 10.1 Å². The average molecular weight is 567 g/mol. The molecule has 2 unspecified atom stereocenters. The van der Waals surface area contributed by atoms with Crippen LogP contribution >= 0.6 is 11.6 Å². The van der Waals surface area contributed by atoms with E-state index in [0.717, 1.165) is 11.6 Å². The Morgan fingerprint density at radius 3 is 2.50 bits per heavy atom. The number of hydrogen-bond donors (Lipinski definition) is 1. The second kappa shape index (κ2) is 10.9. The van der Waals surface area contributed by atoms with Crippen molar-refractivity contribution in [3.63, 3.8) is 0 Å². The fourth-order valence-electron chi connectivity index (χ4n) is 4.54. The number of carbonyl (C=O) groups excluding carboxylic acids is 1. The Labute approximate surface area is 224 Å². The summed E-state index contributed by atoms with van der Waals surface area (Å²) < 4.78 is 70.7. The number of benzene rings is 2. The molecule has 4 rings (SSSR count). The molecular formula is C27H26ClF3N2O4S. The normalized spacial score (nSPS) is 17.1. The van der Waals surface area contributed by atoms with Crippen LogP contribution in [0.15, 0.2) is 59.6 Å². The summed E-state index contributed by atoms with van der Waals surface area (Å²) in [6, 6.07) is 11.7. The summed E-state index contributed by atoms with van der Waals surface area (Å²) in [5.74, 6) is -0.101. The first kappa shape index (κ1) is 27.9. The van der Waals surface area contributed by atoms with Gasteiger partial charge in [0.25, 0.3) is 5.91 Å². The summed E-state index contributed by atoms with van der Waals surface area (Å²) in [6.45, 7) is 3.57.